The number of hydrogen-bond acceptors (Lipinski definition) is 6. The van der Waals surface area contributed by atoms with Crippen LogP contribution in [0.5, 0.6) is 0 Å². The number of hydrogen-bond donors (Lipinski definition) is 0. The molecule has 0 radical (unpaired) electrons. The van der Waals surface area contributed by atoms with Crippen LogP contribution in [0, 0.1) is 12.8 Å². The van der Waals surface area contributed by atoms with Crippen LogP contribution < -0.4 is 0 Å². The highest BCUT2D eigenvalue weighted by Crippen LogP contribution is 2.24. The maximum absolute atomic E-state index is 13.0. The first-order valence-electron chi connectivity index (χ1n) is 10.2. The summed E-state index contributed by atoms with van der Waals surface area (Å²) in [7, 11) is 0. The van der Waals surface area contributed by atoms with Crippen LogP contribution in [0.4, 0.5) is 0 Å². The number of pyridine rings is 1. The Hall–Kier alpha value is -3.03. The van der Waals surface area contributed by atoms with Gasteiger partial charge in [-0.1, -0.05) is 5.16 Å². The van der Waals surface area contributed by atoms with Crippen molar-refractivity contribution in [2.75, 3.05) is 13.1 Å². The lowest BCUT2D eigenvalue weighted by Gasteiger charge is -2.32. The molecule has 1 fully saturated rings. The van der Waals surface area contributed by atoms with Gasteiger partial charge in [0.2, 0.25) is 0 Å². The van der Waals surface area contributed by atoms with Crippen LogP contribution in [0.25, 0.3) is 11.5 Å². The number of aryl methyl sites for hydroxylation is 2. The monoisotopic (exact) mass is 394 g/mol. The van der Waals surface area contributed by atoms with Crippen LogP contribution >= 0.6 is 0 Å². The van der Waals surface area contributed by atoms with Gasteiger partial charge in [-0.3, -0.25) is 14.5 Å². The second kappa shape index (κ2) is 8.55. The summed E-state index contributed by atoms with van der Waals surface area (Å²) >= 11 is 0. The fraction of sp³-hybridized carbons (Fsp3) is 0.476. The lowest BCUT2D eigenvalue weighted by molar-refractivity contribution is 0.0667. The fourth-order valence-corrected chi connectivity index (χ4v) is 3.93. The molecule has 4 rings (SSSR count). The molecular weight excluding hydrogens is 368 g/mol. The Balaban J connectivity index is 1.35. The third kappa shape index (κ3) is 4.21. The van der Waals surface area contributed by atoms with Gasteiger partial charge in [0.05, 0.1) is 17.3 Å². The van der Waals surface area contributed by atoms with Crippen LogP contribution in [0.3, 0.4) is 0 Å². The maximum atomic E-state index is 13.0. The first kappa shape index (κ1) is 19.3. The molecule has 1 aliphatic rings. The molecule has 1 unspecified atom stereocenters. The molecule has 1 saturated heterocycles. The van der Waals surface area contributed by atoms with Crippen LogP contribution in [-0.2, 0) is 13.0 Å². The minimum atomic E-state index is 0.0883. The highest BCUT2D eigenvalue weighted by molar-refractivity contribution is 5.95. The zero-order chi connectivity index (χ0) is 20.2. The largest absolute Gasteiger partial charge is 0.338 e. The molecule has 0 spiro atoms. The highest BCUT2D eigenvalue weighted by Gasteiger charge is 2.27. The van der Waals surface area contributed by atoms with E-state index in [0.29, 0.717) is 23.2 Å². The van der Waals surface area contributed by atoms with Gasteiger partial charge in [-0.05, 0) is 51.2 Å². The quantitative estimate of drug-likeness (QED) is 0.638. The molecule has 0 N–H and O–H groups in total. The third-order valence-electron chi connectivity index (χ3n) is 5.59. The normalized spacial score (nSPS) is 16.9. The average molecular weight is 394 g/mol. The molecule has 1 atom stereocenters. The van der Waals surface area contributed by atoms with Crippen molar-refractivity contribution in [1.29, 1.82) is 0 Å². The predicted octanol–water partition coefficient (Wildman–Crippen LogP) is 3.14. The van der Waals surface area contributed by atoms with Gasteiger partial charge in [-0.2, -0.15) is 10.1 Å². The van der Waals surface area contributed by atoms with Crippen molar-refractivity contribution >= 4 is 5.91 Å². The van der Waals surface area contributed by atoms with Crippen molar-refractivity contribution in [3.63, 3.8) is 0 Å². The second-order valence-electron chi connectivity index (χ2n) is 7.51. The first-order chi connectivity index (χ1) is 14.2. The molecule has 152 valence electrons. The van der Waals surface area contributed by atoms with E-state index < -0.39 is 0 Å². The number of amides is 1. The van der Waals surface area contributed by atoms with Crippen molar-refractivity contribution in [1.82, 2.24) is 29.8 Å². The predicted molar refractivity (Wildman–Crippen MR) is 107 cm³/mol. The number of carbonyl (C=O) groups excluding carboxylic acids is 1. The third-order valence-corrected chi connectivity index (χ3v) is 5.59. The van der Waals surface area contributed by atoms with Gasteiger partial charge >= 0.3 is 0 Å². The zero-order valence-corrected chi connectivity index (χ0v) is 16.9. The molecule has 4 heterocycles. The minimum absolute atomic E-state index is 0.0883. The number of carbonyl (C=O) groups is 1. The van der Waals surface area contributed by atoms with Crippen LogP contribution in [-0.4, -0.2) is 48.8 Å². The van der Waals surface area contributed by atoms with E-state index in [-0.39, 0.29) is 5.91 Å². The Kier molecular flexibility index (Phi) is 5.69. The van der Waals surface area contributed by atoms with Gasteiger partial charge in [-0.15, -0.1) is 0 Å². The van der Waals surface area contributed by atoms with Crippen molar-refractivity contribution in [3.8, 4) is 11.5 Å². The molecule has 0 aliphatic carbocycles. The molecule has 0 bridgehead atoms. The van der Waals surface area contributed by atoms with Gasteiger partial charge in [0, 0.05) is 44.1 Å². The smallest absolute Gasteiger partial charge is 0.259 e. The van der Waals surface area contributed by atoms with E-state index >= 15 is 0 Å². The van der Waals surface area contributed by atoms with Gasteiger partial charge in [0.25, 0.3) is 11.8 Å². The molecule has 0 aromatic carbocycles. The lowest BCUT2D eigenvalue weighted by atomic mass is 9.93. The maximum Gasteiger partial charge on any atom is 0.259 e. The van der Waals surface area contributed by atoms with Crippen molar-refractivity contribution in [3.05, 3.63) is 47.8 Å². The van der Waals surface area contributed by atoms with Crippen molar-refractivity contribution < 1.29 is 9.32 Å². The van der Waals surface area contributed by atoms with Crippen LogP contribution in [0.2, 0.25) is 0 Å². The molecular formula is C21H26N6O2. The summed E-state index contributed by atoms with van der Waals surface area (Å²) in [5, 5.41) is 8.41. The van der Waals surface area contributed by atoms with E-state index in [1.54, 1.807) is 18.6 Å². The van der Waals surface area contributed by atoms with Gasteiger partial charge in [0.15, 0.2) is 5.82 Å². The molecule has 3 aromatic heterocycles. The van der Waals surface area contributed by atoms with Crippen LogP contribution in [0.1, 0.15) is 48.1 Å². The Labute approximate surface area is 169 Å². The number of nitrogens with zero attached hydrogens (tertiary/aromatic N) is 6. The Morgan fingerprint density at radius 2 is 2.24 bits per heavy atom. The summed E-state index contributed by atoms with van der Waals surface area (Å²) in [5.74, 6) is 1.73. The average Bonchev–Trinajstić information content (AvgIpc) is 3.39. The molecule has 0 saturated carbocycles. The highest BCUT2D eigenvalue weighted by atomic mass is 16.5. The first-order valence-corrected chi connectivity index (χ1v) is 10.2. The van der Waals surface area contributed by atoms with E-state index in [1.165, 1.54) is 0 Å². The number of likely N-dealkylation sites (tertiary alicyclic amines) is 1. The molecule has 1 amide bonds. The summed E-state index contributed by atoms with van der Waals surface area (Å²) in [6.07, 6.45) is 8.93. The van der Waals surface area contributed by atoms with Gasteiger partial charge in [0.1, 0.15) is 0 Å². The SMILES string of the molecule is CCn1ncc(C(=O)N2CCCC(CCc3noc(-c4cccnc4)n3)C2)c1C. The Bertz CT molecular complexity index is 965. The lowest BCUT2D eigenvalue weighted by Crippen LogP contribution is -2.40. The number of rotatable bonds is 6. The minimum Gasteiger partial charge on any atom is -0.338 e. The van der Waals surface area contributed by atoms with E-state index in [4.69, 9.17) is 4.52 Å². The molecule has 8 nitrogen and oxygen atoms in total. The second-order valence-corrected chi connectivity index (χ2v) is 7.51. The molecule has 1 aliphatic heterocycles. The van der Waals surface area contributed by atoms with E-state index in [2.05, 4.69) is 20.2 Å². The summed E-state index contributed by atoms with van der Waals surface area (Å²) in [4.78, 5) is 23.5. The number of aromatic nitrogens is 5. The molecule has 29 heavy (non-hydrogen) atoms. The van der Waals surface area contributed by atoms with Crippen molar-refractivity contribution in [2.24, 2.45) is 5.92 Å². The molecule has 8 heteroatoms. The van der Waals surface area contributed by atoms with E-state index in [9.17, 15) is 4.79 Å². The Morgan fingerprint density at radius 1 is 1.34 bits per heavy atom. The Morgan fingerprint density at radius 3 is 3.00 bits per heavy atom. The van der Waals surface area contributed by atoms with Gasteiger partial charge in [-0.25, -0.2) is 0 Å². The molecule has 3 aromatic rings. The summed E-state index contributed by atoms with van der Waals surface area (Å²) < 4.78 is 7.22. The summed E-state index contributed by atoms with van der Waals surface area (Å²) in [5.41, 5.74) is 2.48. The van der Waals surface area contributed by atoms with E-state index in [0.717, 1.165) is 56.6 Å². The van der Waals surface area contributed by atoms with Crippen LogP contribution in [0.15, 0.2) is 35.2 Å². The van der Waals surface area contributed by atoms with Crippen molar-refractivity contribution in [2.45, 2.75) is 46.1 Å². The topological polar surface area (TPSA) is 89.9 Å². The van der Waals surface area contributed by atoms with Gasteiger partial charge < -0.3 is 9.42 Å². The fourth-order valence-electron chi connectivity index (χ4n) is 3.93. The number of piperidine rings is 1. The zero-order valence-electron chi connectivity index (χ0n) is 16.9. The van der Waals surface area contributed by atoms with E-state index in [1.807, 2.05) is 35.6 Å². The standard InChI is InChI=1S/C21H26N6O2/c1-3-27-15(2)18(13-23-27)21(28)26-11-5-6-16(14-26)8-9-19-24-20(29-25-19)17-7-4-10-22-12-17/h4,7,10,12-13,16H,3,5-6,8-9,11,14H2,1-2H3. The summed E-state index contributed by atoms with van der Waals surface area (Å²) in [6.45, 7) is 6.33. The summed E-state index contributed by atoms with van der Waals surface area (Å²) in [6, 6.07) is 3.75.